The summed E-state index contributed by atoms with van der Waals surface area (Å²) < 4.78 is 0.889. The molecule has 108 valence electrons. The Bertz CT molecular complexity index is 692. The van der Waals surface area contributed by atoms with Gasteiger partial charge in [0.25, 0.3) is 5.91 Å². The zero-order valence-corrected chi connectivity index (χ0v) is 13.4. The Morgan fingerprint density at radius 2 is 2.10 bits per heavy atom. The highest BCUT2D eigenvalue weighted by molar-refractivity contribution is 9.10. The number of anilines is 1. The summed E-state index contributed by atoms with van der Waals surface area (Å²) in [7, 11) is 0. The Balaban J connectivity index is 2.04. The van der Waals surface area contributed by atoms with Gasteiger partial charge >= 0.3 is 0 Å². The van der Waals surface area contributed by atoms with Crippen molar-refractivity contribution in [1.82, 2.24) is 0 Å². The third kappa shape index (κ3) is 2.68. The molecule has 0 aliphatic carbocycles. The van der Waals surface area contributed by atoms with Gasteiger partial charge in [-0.05, 0) is 55.2 Å². The second kappa shape index (κ2) is 5.53. The summed E-state index contributed by atoms with van der Waals surface area (Å²) in [6.07, 6.45) is 1.81. The third-order valence-corrected chi connectivity index (χ3v) is 4.19. The Morgan fingerprint density at radius 3 is 2.86 bits per heavy atom. The number of hydrogen-bond acceptors (Lipinski definition) is 2. The minimum absolute atomic E-state index is 0.0677. The van der Waals surface area contributed by atoms with Crippen molar-refractivity contribution in [2.24, 2.45) is 0 Å². The molecule has 0 unspecified atom stereocenters. The summed E-state index contributed by atoms with van der Waals surface area (Å²) in [5, 5.41) is 10.1. The van der Waals surface area contributed by atoms with Gasteiger partial charge in [0.15, 0.2) is 0 Å². The number of fused-ring (bicyclic) bond motifs is 1. The van der Waals surface area contributed by atoms with Crippen LogP contribution in [-0.2, 0) is 6.42 Å². The first kappa shape index (κ1) is 14.1. The summed E-state index contributed by atoms with van der Waals surface area (Å²) >= 11 is 3.43. The standard InChI is InChI=1S/C17H16BrNO2/c1-11-8-13(10-14(18)9-11)17(21)19-7-3-5-12-4-2-6-15(20)16(12)19/h2,4,6,8-10,20H,3,5,7H2,1H3. The molecule has 4 heteroatoms. The molecule has 1 heterocycles. The molecular formula is C17H16BrNO2. The van der Waals surface area contributed by atoms with Crippen molar-refractivity contribution in [2.75, 3.05) is 11.4 Å². The number of amides is 1. The van der Waals surface area contributed by atoms with Gasteiger partial charge in [0.2, 0.25) is 0 Å². The highest BCUT2D eigenvalue weighted by atomic mass is 79.9. The number of para-hydroxylation sites is 1. The van der Waals surface area contributed by atoms with Gasteiger partial charge < -0.3 is 10.0 Å². The summed E-state index contributed by atoms with van der Waals surface area (Å²) in [5.74, 6) is 0.106. The Morgan fingerprint density at radius 1 is 1.29 bits per heavy atom. The van der Waals surface area contributed by atoms with E-state index in [1.54, 1.807) is 11.0 Å². The van der Waals surface area contributed by atoms with E-state index in [0.717, 1.165) is 28.4 Å². The molecule has 2 aromatic carbocycles. The van der Waals surface area contributed by atoms with Crippen LogP contribution in [0.4, 0.5) is 5.69 Å². The second-order valence-corrected chi connectivity index (χ2v) is 6.28. The Kier molecular flexibility index (Phi) is 3.72. The van der Waals surface area contributed by atoms with E-state index in [2.05, 4.69) is 15.9 Å². The van der Waals surface area contributed by atoms with Crippen molar-refractivity contribution in [3.63, 3.8) is 0 Å². The average molecular weight is 346 g/mol. The van der Waals surface area contributed by atoms with Crippen LogP contribution in [0, 0.1) is 6.92 Å². The van der Waals surface area contributed by atoms with E-state index in [-0.39, 0.29) is 11.7 Å². The molecule has 1 N–H and O–H groups in total. The van der Waals surface area contributed by atoms with Gasteiger partial charge in [0.1, 0.15) is 5.75 Å². The molecule has 1 amide bonds. The van der Waals surface area contributed by atoms with E-state index in [9.17, 15) is 9.90 Å². The van der Waals surface area contributed by atoms with E-state index in [0.29, 0.717) is 17.8 Å². The number of carbonyl (C=O) groups excluding carboxylic acids is 1. The minimum atomic E-state index is -0.0677. The number of benzene rings is 2. The van der Waals surface area contributed by atoms with Gasteiger partial charge in [0, 0.05) is 16.6 Å². The van der Waals surface area contributed by atoms with Crippen molar-refractivity contribution < 1.29 is 9.90 Å². The molecule has 1 aliphatic heterocycles. The molecule has 0 bridgehead atoms. The molecule has 0 spiro atoms. The van der Waals surface area contributed by atoms with Gasteiger partial charge in [-0.2, -0.15) is 0 Å². The number of carbonyl (C=O) groups is 1. The molecule has 0 saturated carbocycles. The Hall–Kier alpha value is -1.81. The molecule has 0 radical (unpaired) electrons. The SMILES string of the molecule is Cc1cc(Br)cc(C(=O)N2CCCc3cccc(O)c32)c1. The quantitative estimate of drug-likeness (QED) is 0.846. The summed E-state index contributed by atoms with van der Waals surface area (Å²) in [5.41, 5.74) is 3.35. The maximum absolute atomic E-state index is 12.8. The largest absolute Gasteiger partial charge is 0.506 e. The van der Waals surface area contributed by atoms with Crippen LogP contribution in [0.3, 0.4) is 0 Å². The van der Waals surface area contributed by atoms with Gasteiger partial charge in [-0.15, -0.1) is 0 Å². The predicted octanol–water partition coefficient (Wildman–Crippen LogP) is 4.06. The highest BCUT2D eigenvalue weighted by Crippen LogP contribution is 2.36. The molecule has 0 fully saturated rings. The van der Waals surface area contributed by atoms with Crippen LogP contribution in [0.5, 0.6) is 5.75 Å². The second-order valence-electron chi connectivity index (χ2n) is 5.36. The van der Waals surface area contributed by atoms with Gasteiger partial charge in [-0.3, -0.25) is 4.79 Å². The first-order chi connectivity index (χ1) is 10.1. The molecular weight excluding hydrogens is 330 g/mol. The maximum Gasteiger partial charge on any atom is 0.258 e. The lowest BCUT2D eigenvalue weighted by molar-refractivity contribution is 0.0984. The first-order valence-electron chi connectivity index (χ1n) is 6.96. The lowest BCUT2D eigenvalue weighted by Gasteiger charge is -2.30. The first-order valence-corrected chi connectivity index (χ1v) is 7.75. The van der Waals surface area contributed by atoms with Crippen LogP contribution in [0.25, 0.3) is 0 Å². The normalized spacial score (nSPS) is 13.9. The van der Waals surface area contributed by atoms with Crippen molar-refractivity contribution in [3.8, 4) is 5.75 Å². The van der Waals surface area contributed by atoms with Crippen molar-refractivity contribution in [3.05, 3.63) is 57.6 Å². The van der Waals surface area contributed by atoms with Crippen molar-refractivity contribution in [1.29, 1.82) is 0 Å². The lowest BCUT2D eigenvalue weighted by Crippen LogP contribution is -2.35. The predicted molar refractivity (Wildman–Crippen MR) is 87.0 cm³/mol. The van der Waals surface area contributed by atoms with E-state index in [4.69, 9.17) is 0 Å². The van der Waals surface area contributed by atoms with Gasteiger partial charge in [-0.25, -0.2) is 0 Å². The molecule has 21 heavy (non-hydrogen) atoms. The topological polar surface area (TPSA) is 40.5 Å². The Labute approximate surface area is 132 Å². The van der Waals surface area contributed by atoms with Crippen LogP contribution in [0.2, 0.25) is 0 Å². The highest BCUT2D eigenvalue weighted by Gasteiger charge is 2.26. The van der Waals surface area contributed by atoms with Gasteiger partial charge in [0.05, 0.1) is 5.69 Å². The smallest absolute Gasteiger partial charge is 0.258 e. The average Bonchev–Trinajstić information content (AvgIpc) is 2.45. The molecule has 3 nitrogen and oxygen atoms in total. The summed E-state index contributed by atoms with van der Waals surface area (Å²) in [6, 6.07) is 11.1. The van der Waals surface area contributed by atoms with Crippen LogP contribution in [-0.4, -0.2) is 17.6 Å². The van der Waals surface area contributed by atoms with Crippen LogP contribution in [0.15, 0.2) is 40.9 Å². The fourth-order valence-electron chi connectivity index (χ4n) is 2.85. The molecule has 0 atom stereocenters. The van der Waals surface area contributed by atoms with Crippen LogP contribution in [0.1, 0.15) is 27.9 Å². The number of phenolic OH excluding ortho intramolecular Hbond substituents is 1. The van der Waals surface area contributed by atoms with E-state index in [1.807, 2.05) is 37.3 Å². The van der Waals surface area contributed by atoms with E-state index >= 15 is 0 Å². The molecule has 0 saturated heterocycles. The molecule has 1 aliphatic rings. The van der Waals surface area contributed by atoms with E-state index in [1.165, 1.54) is 0 Å². The molecule has 2 aromatic rings. The van der Waals surface area contributed by atoms with Gasteiger partial charge in [-0.1, -0.05) is 28.1 Å². The maximum atomic E-state index is 12.8. The van der Waals surface area contributed by atoms with Crippen LogP contribution >= 0.6 is 15.9 Å². The zero-order valence-electron chi connectivity index (χ0n) is 11.8. The number of hydrogen-bond donors (Lipinski definition) is 1. The monoisotopic (exact) mass is 345 g/mol. The number of nitrogens with zero attached hydrogens (tertiary/aromatic N) is 1. The van der Waals surface area contributed by atoms with Crippen molar-refractivity contribution >= 4 is 27.5 Å². The number of halogens is 1. The minimum Gasteiger partial charge on any atom is -0.506 e. The number of phenols is 1. The number of aryl methyl sites for hydroxylation is 2. The number of aromatic hydroxyl groups is 1. The molecule has 0 aromatic heterocycles. The number of rotatable bonds is 1. The fourth-order valence-corrected chi connectivity index (χ4v) is 3.46. The fraction of sp³-hybridized carbons (Fsp3) is 0.235. The van der Waals surface area contributed by atoms with Crippen LogP contribution < -0.4 is 4.90 Å². The van der Waals surface area contributed by atoms with Crippen molar-refractivity contribution in [2.45, 2.75) is 19.8 Å². The van der Waals surface area contributed by atoms with E-state index < -0.39 is 0 Å². The third-order valence-electron chi connectivity index (χ3n) is 3.73. The molecule has 3 rings (SSSR count). The summed E-state index contributed by atoms with van der Waals surface area (Å²) in [6.45, 7) is 2.60. The lowest BCUT2D eigenvalue weighted by atomic mass is 10.00. The summed E-state index contributed by atoms with van der Waals surface area (Å²) in [4.78, 5) is 14.5. The zero-order chi connectivity index (χ0) is 15.0.